The molecule has 2 aromatic rings. The van der Waals surface area contributed by atoms with Crippen LogP contribution in [-0.4, -0.2) is 27.8 Å². The van der Waals surface area contributed by atoms with Crippen molar-refractivity contribution in [2.24, 2.45) is 0 Å². The highest BCUT2D eigenvalue weighted by Crippen LogP contribution is 2.46. The van der Waals surface area contributed by atoms with Gasteiger partial charge in [-0.15, -0.1) is 0 Å². The number of rotatable bonds is 4. The van der Waals surface area contributed by atoms with Crippen molar-refractivity contribution < 1.29 is 22.0 Å². The molecule has 0 aliphatic heterocycles. The van der Waals surface area contributed by atoms with Gasteiger partial charge in [-0.25, -0.2) is 9.07 Å². The fourth-order valence-electron chi connectivity index (χ4n) is 2.03. The maximum atomic E-state index is 14.3. The Morgan fingerprint density at radius 1 is 1.16 bits per heavy atom. The van der Waals surface area contributed by atoms with Gasteiger partial charge < -0.3 is 4.90 Å². The summed E-state index contributed by atoms with van der Waals surface area (Å²) >= 11 is 16.9. The molecule has 0 saturated heterocycles. The molecule has 1 aromatic carbocycles. The van der Waals surface area contributed by atoms with Crippen LogP contribution in [-0.2, 0) is 6.18 Å². The minimum absolute atomic E-state index is 0.132. The van der Waals surface area contributed by atoms with Gasteiger partial charge in [0.05, 0.1) is 21.7 Å². The van der Waals surface area contributed by atoms with Crippen molar-refractivity contribution in [3.05, 3.63) is 34.7 Å². The Balaban J connectivity index is 2.63. The van der Waals surface area contributed by atoms with Crippen molar-refractivity contribution in [2.75, 3.05) is 19.0 Å². The number of alkyl halides is 6. The molecule has 0 radical (unpaired) electrons. The van der Waals surface area contributed by atoms with Crippen LogP contribution in [0.25, 0.3) is 5.69 Å². The van der Waals surface area contributed by atoms with E-state index in [-0.39, 0.29) is 10.7 Å². The standard InChI is InChI=1S/C13H9Cl3F5N3S/c1-23(2)11-9(25-13(15,16)21)5-22-24(11)10-7(14)3-6(4-8(10)17)12(18,19)20/h3-5H,1-2H3. The second kappa shape index (κ2) is 7.02. The highest BCUT2D eigenvalue weighted by atomic mass is 35.5. The zero-order valence-electron chi connectivity index (χ0n) is 12.5. The SMILES string of the molecule is CN(C)c1c(SC(F)(Cl)Cl)cnn1-c1c(F)cc(C(F)(F)F)cc1Cl. The molecular formula is C13H9Cl3F5N3S. The smallest absolute Gasteiger partial charge is 0.362 e. The van der Waals surface area contributed by atoms with Gasteiger partial charge in [0.25, 0.3) is 0 Å². The lowest BCUT2D eigenvalue weighted by Crippen LogP contribution is -2.17. The van der Waals surface area contributed by atoms with Crippen LogP contribution in [0.2, 0.25) is 5.02 Å². The van der Waals surface area contributed by atoms with Crippen LogP contribution in [0.3, 0.4) is 0 Å². The monoisotopic (exact) mass is 439 g/mol. The minimum atomic E-state index is -4.76. The topological polar surface area (TPSA) is 21.1 Å². The fraction of sp³-hybridized carbons (Fsp3) is 0.308. The van der Waals surface area contributed by atoms with Crippen molar-refractivity contribution >= 4 is 52.4 Å². The van der Waals surface area contributed by atoms with E-state index in [9.17, 15) is 22.0 Å². The number of anilines is 1. The molecular weight excluding hydrogens is 432 g/mol. The Kier molecular flexibility index (Phi) is 5.73. The van der Waals surface area contributed by atoms with Gasteiger partial charge in [-0.1, -0.05) is 34.8 Å². The van der Waals surface area contributed by atoms with Crippen LogP contribution < -0.4 is 4.90 Å². The maximum absolute atomic E-state index is 14.3. The van der Waals surface area contributed by atoms with E-state index in [4.69, 9.17) is 34.8 Å². The number of aromatic nitrogens is 2. The Hall–Kier alpha value is -0.900. The van der Waals surface area contributed by atoms with E-state index in [0.29, 0.717) is 23.9 Å². The third-order valence-electron chi connectivity index (χ3n) is 2.92. The van der Waals surface area contributed by atoms with Crippen LogP contribution in [0.4, 0.5) is 27.8 Å². The minimum Gasteiger partial charge on any atom is -0.362 e. The van der Waals surface area contributed by atoms with Crippen molar-refractivity contribution in [3.63, 3.8) is 0 Å². The predicted octanol–water partition coefficient (Wildman–Crippen LogP) is 5.90. The molecule has 25 heavy (non-hydrogen) atoms. The first-order valence-electron chi connectivity index (χ1n) is 6.39. The number of halogens is 8. The van der Waals surface area contributed by atoms with E-state index in [1.807, 2.05) is 0 Å². The first-order valence-corrected chi connectivity index (χ1v) is 8.34. The van der Waals surface area contributed by atoms with Crippen LogP contribution >= 0.6 is 46.6 Å². The second-order valence-electron chi connectivity index (χ2n) is 4.97. The van der Waals surface area contributed by atoms with Crippen molar-refractivity contribution in [2.45, 2.75) is 15.0 Å². The van der Waals surface area contributed by atoms with Crippen molar-refractivity contribution in [1.29, 1.82) is 0 Å². The first-order chi connectivity index (χ1) is 11.3. The molecule has 12 heteroatoms. The molecule has 0 atom stereocenters. The molecule has 0 spiro atoms. The molecule has 0 unspecified atom stereocenters. The average Bonchev–Trinajstić information content (AvgIpc) is 2.78. The summed E-state index contributed by atoms with van der Waals surface area (Å²) in [7, 11) is 3.08. The molecule has 0 amide bonds. The molecule has 3 nitrogen and oxygen atoms in total. The summed E-state index contributed by atoms with van der Waals surface area (Å²) in [4.78, 5) is 1.57. The zero-order chi connectivity index (χ0) is 19.2. The second-order valence-corrected chi connectivity index (χ2v) is 8.27. The molecule has 0 bridgehead atoms. The van der Waals surface area contributed by atoms with Gasteiger partial charge in [0.15, 0.2) is 5.82 Å². The summed E-state index contributed by atoms with van der Waals surface area (Å²) in [6.07, 6.45) is -3.61. The Morgan fingerprint density at radius 2 is 1.76 bits per heavy atom. The third-order valence-corrected chi connectivity index (χ3v) is 4.41. The molecule has 0 aliphatic carbocycles. The van der Waals surface area contributed by atoms with Gasteiger partial charge in [-0.3, -0.25) is 0 Å². The molecule has 0 saturated carbocycles. The summed E-state index contributed by atoms with van der Waals surface area (Å²) in [6.45, 7) is 0. The maximum Gasteiger partial charge on any atom is 0.416 e. The number of nitrogens with zero attached hydrogens (tertiary/aromatic N) is 3. The van der Waals surface area contributed by atoms with Crippen LogP contribution in [0.15, 0.2) is 23.2 Å². The largest absolute Gasteiger partial charge is 0.416 e. The summed E-state index contributed by atoms with van der Waals surface area (Å²) < 4.78 is 64.3. The first kappa shape index (κ1) is 20.4. The number of hydrogen-bond donors (Lipinski definition) is 0. The molecule has 1 aromatic heterocycles. The van der Waals surface area contributed by atoms with E-state index in [1.165, 1.54) is 19.0 Å². The summed E-state index contributed by atoms with van der Waals surface area (Å²) in [6, 6.07) is 0.883. The van der Waals surface area contributed by atoms with Crippen LogP contribution in [0.1, 0.15) is 5.56 Å². The van der Waals surface area contributed by atoms with Crippen LogP contribution in [0.5, 0.6) is 0 Å². The number of benzene rings is 1. The summed E-state index contributed by atoms with van der Waals surface area (Å²) in [5.41, 5.74) is -1.66. The number of thioether (sulfide) groups is 1. The van der Waals surface area contributed by atoms with Crippen LogP contribution in [0, 0.1) is 5.82 Å². The van der Waals surface area contributed by atoms with E-state index in [0.717, 1.165) is 10.9 Å². The molecule has 2 rings (SSSR count). The molecule has 0 aliphatic rings. The lowest BCUT2D eigenvalue weighted by molar-refractivity contribution is -0.137. The third kappa shape index (κ3) is 4.64. The summed E-state index contributed by atoms with van der Waals surface area (Å²) in [5.74, 6) is -1.11. The highest BCUT2D eigenvalue weighted by molar-refractivity contribution is 8.03. The Morgan fingerprint density at radius 3 is 2.20 bits per heavy atom. The normalized spacial score (nSPS) is 12.6. The van der Waals surface area contributed by atoms with E-state index >= 15 is 0 Å². The van der Waals surface area contributed by atoms with Gasteiger partial charge in [0.1, 0.15) is 11.5 Å². The van der Waals surface area contributed by atoms with Gasteiger partial charge in [-0.05, 0) is 23.9 Å². The Labute approximate surface area is 158 Å². The van der Waals surface area contributed by atoms with Gasteiger partial charge in [-0.2, -0.15) is 22.7 Å². The summed E-state index contributed by atoms with van der Waals surface area (Å²) in [5, 5.41) is 3.35. The molecule has 0 N–H and O–H groups in total. The van der Waals surface area contributed by atoms with E-state index in [1.54, 1.807) is 0 Å². The molecule has 0 fully saturated rings. The molecule has 138 valence electrons. The van der Waals surface area contributed by atoms with E-state index < -0.39 is 32.2 Å². The molecule has 1 heterocycles. The fourth-order valence-corrected chi connectivity index (χ4v) is 3.52. The van der Waals surface area contributed by atoms with Gasteiger partial charge in [0.2, 0.25) is 0 Å². The number of hydrogen-bond acceptors (Lipinski definition) is 3. The average molecular weight is 441 g/mol. The van der Waals surface area contributed by atoms with Crippen molar-refractivity contribution in [3.8, 4) is 5.69 Å². The Bertz CT molecular complexity index is 763. The lowest BCUT2D eigenvalue weighted by Gasteiger charge is -2.19. The van der Waals surface area contributed by atoms with Gasteiger partial charge in [0, 0.05) is 14.1 Å². The zero-order valence-corrected chi connectivity index (χ0v) is 15.6. The van der Waals surface area contributed by atoms with Gasteiger partial charge >= 0.3 is 10.1 Å². The predicted molar refractivity (Wildman–Crippen MR) is 89.3 cm³/mol. The highest BCUT2D eigenvalue weighted by Gasteiger charge is 2.34. The van der Waals surface area contributed by atoms with Crippen molar-refractivity contribution in [1.82, 2.24) is 9.78 Å². The van der Waals surface area contributed by atoms with E-state index in [2.05, 4.69) is 5.10 Å². The lowest BCUT2D eigenvalue weighted by atomic mass is 10.2. The quantitative estimate of drug-likeness (QED) is 0.335.